The van der Waals surface area contributed by atoms with Gasteiger partial charge in [-0.1, -0.05) is 6.92 Å². The highest BCUT2D eigenvalue weighted by molar-refractivity contribution is 5.67. The second kappa shape index (κ2) is 5.83. The summed E-state index contributed by atoms with van der Waals surface area (Å²) < 4.78 is 4.82. The van der Waals surface area contributed by atoms with Crippen LogP contribution < -0.4 is 5.32 Å². The number of rotatable bonds is 4. The van der Waals surface area contributed by atoms with Crippen LogP contribution in [0.5, 0.6) is 0 Å². The van der Waals surface area contributed by atoms with Gasteiger partial charge in [-0.25, -0.2) is 4.79 Å². The van der Waals surface area contributed by atoms with Gasteiger partial charge in [0, 0.05) is 0 Å². The van der Waals surface area contributed by atoms with E-state index in [-0.39, 0.29) is 18.8 Å². The maximum Gasteiger partial charge on any atom is 0.407 e. The Hall–Kier alpha value is -0.770. The van der Waals surface area contributed by atoms with E-state index in [1.165, 1.54) is 0 Å². The minimum Gasteiger partial charge on any atom is -0.447 e. The molecular formula is C8H17NO3. The van der Waals surface area contributed by atoms with Crippen LogP contribution in [0.3, 0.4) is 0 Å². The number of nitrogens with one attached hydrogen (secondary N) is 1. The van der Waals surface area contributed by atoms with Crippen molar-refractivity contribution in [2.45, 2.75) is 39.3 Å². The number of hydrogen-bond acceptors (Lipinski definition) is 3. The van der Waals surface area contributed by atoms with Gasteiger partial charge in [-0.3, -0.25) is 0 Å². The Kier molecular flexibility index (Phi) is 5.45. The third-order valence-corrected chi connectivity index (χ3v) is 1.38. The predicted molar refractivity (Wildman–Crippen MR) is 45.9 cm³/mol. The maximum atomic E-state index is 10.9. The third kappa shape index (κ3) is 4.96. The fraction of sp³-hybridized carbons (Fsp3) is 0.875. The molecule has 1 atom stereocenters. The molecule has 0 aliphatic carbocycles. The molecule has 0 saturated heterocycles. The Morgan fingerprint density at radius 1 is 1.58 bits per heavy atom. The molecule has 2 N–H and O–H groups in total. The smallest absolute Gasteiger partial charge is 0.407 e. The predicted octanol–water partition coefficient (Wildman–Crippen LogP) is 0.892. The molecule has 0 aromatic carbocycles. The largest absolute Gasteiger partial charge is 0.447 e. The van der Waals surface area contributed by atoms with Crippen molar-refractivity contribution < 1.29 is 14.6 Å². The molecule has 0 aromatic rings. The zero-order chi connectivity index (χ0) is 9.56. The molecule has 0 aliphatic heterocycles. The number of alkyl carbamates (subject to hydrolysis) is 1. The van der Waals surface area contributed by atoms with Crippen LogP contribution in [0.25, 0.3) is 0 Å². The summed E-state index contributed by atoms with van der Waals surface area (Å²) >= 11 is 0. The van der Waals surface area contributed by atoms with E-state index in [4.69, 9.17) is 9.84 Å². The molecule has 0 radical (unpaired) electrons. The van der Waals surface area contributed by atoms with Crippen molar-refractivity contribution in [2.24, 2.45) is 0 Å². The first-order valence-electron chi connectivity index (χ1n) is 4.18. The number of aliphatic hydroxyl groups excluding tert-OH is 1. The summed E-state index contributed by atoms with van der Waals surface area (Å²) in [6.45, 7) is 5.39. The summed E-state index contributed by atoms with van der Waals surface area (Å²) in [7, 11) is 0. The average molecular weight is 175 g/mol. The van der Waals surface area contributed by atoms with E-state index in [0.29, 0.717) is 6.42 Å². The van der Waals surface area contributed by atoms with Gasteiger partial charge in [0.15, 0.2) is 0 Å². The van der Waals surface area contributed by atoms with Crippen molar-refractivity contribution in [3.05, 3.63) is 0 Å². The first-order valence-corrected chi connectivity index (χ1v) is 4.18. The van der Waals surface area contributed by atoms with Gasteiger partial charge in [0.05, 0.1) is 18.8 Å². The molecular weight excluding hydrogens is 158 g/mol. The molecule has 4 heteroatoms. The van der Waals surface area contributed by atoms with E-state index in [2.05, 4.69) is 5.32 Å². The van der Waals surface area contributed by atoms with Crippen molar-refractivity contribution in [1.82, 2.24) is 5.32 Å². The Morgan fingerprint density at radius 3 is 2.50 bits per heavy atom. The van der Waals surface area contributed by atoms with Crippen molar-refractivity contribution in [3.63, 3.8) is 0 Å². The van der Waals surface area contributed by atoms with Gasteiger partial charge in [0.25, 0.3) is 0 Å². The van der Waals surface area contributed by atoms with Gasteiger partial charge in [0.1, 0.15) is 0 Å². The van der Waals surface area contributed by atoms with Gasteiger partial charge in [-0.05, 0) is 20.3 Å². The number of carbonyl (C=O) groups excluding carboxylic acids is 1. The zero-order valence-electron chi connectivity index (χ0n) is 7.83. The van der Waals surface area contributed by atoms with Gasteiger partial charge in [-0.2, -0.15) is 0 Å². The van der Waals surface area contributed by atoms with Crippen molar-refractivity contribution in [2.75, 3.05) is 6.61 Å². The molecule has 12 heavy (non-hydrogen) atoms. The van der Waals surface area contributed by atoms with Crippen LogP contribution in [-0.2, 0) is 4.74 Å². The maximum absolute atomic E-state index is 10.9. The van der Waals surface area contributed by atoms with Crippen LogP contribution in [-0.4, -0.2) is 30.0 Å². The molecule has 0 saturated carbocycles. The summed E-state index contributed by atoms with van der Waals surface area (Å²) in [6.07, 6.45) is 0.107. The molecule has 0 bridgehead atoms. The standard InChI is InChI=1S/C8H17NO3/c1-4-7(5-10)9-8(11)12-6(2)3/h6-7,10H,4-5H2,1-3H3,(H,9,11). The molecule has 4 nitrogen and oxygen atoms in total. The van der Waals surface area contributed by atoms with Crippen LogP contribution in [0.15, 0.2) is 0 Å². The monoisotopic (exact) mass is 175 g/mol. The van der Waals surface area contributed by atoms with Gasteiger partial charge in [-0.15, -0.1) is 0 Å². The number of carbonyl (C=O) groups is 1. The van der Waals surface area contributed by atoms with Gasteiger partial charge >= 0.3 is 6.09 Å². The number of hydrogen-bond donors (Lipinski definition) is 2. The number of aliphatic hydroxyl groups is 1. The lowest BCUT2D eigenvalue weighted by Gasteiger charge is -2.15. The van der Waals surface area contributed by atoms with E-state index in [1.807, 2.05) is 6.92 Å². The van der Waals surface area contributed by atoms with Crippen LogP contribution in [0, 0.1) is 0 Å². The minimum atomic E-state index is -0.467. The van der Waals surface area contributed by atoms with Crippen LogP contribution in [0.1, 0.15) is 27.2 Å². The SMILES string of the molecule is CCC(CO)NC(=O)OC(C)C. The van der Waals surface area contributed by atoms with Gasteiger partial charge < -0.3 is 15.2 Å². The third-order valence-electron chi connectivity index (χ3n) is 1.38. The molecule has 1 unspecified atom stereocenters. The molecule has 0 spiro atoms. The van der Waals surface area contributed by atoms with Crippen LogP contribution in [0.4, 0.5) is 4.79 Å². The fourth-order valence-electron chi connectivity index (χ4n) is 0.692. The number of amides is 1. The average Bonchev–Trinajstić information content (AvgIpc) is 1.98. The highest BCUT2D eigenvalue weighted by Gasteiger charge is 2.10. The summed E-state index contributed by atoms with van der Waals surface area (Å²) in [5.74, 6) is 0. The molecule has 0 rings (SSSR count). The van der Waals surface area contributed by atoms with Crippen LogP contribution >= 0.6 is 0 Å². The van der Waals surface area contributed by atoms with Crippen molar-refractivity contribution in [1.29, 1.82) is 0 Å². The summed E-state index contributed by atoms with van der Waals surface area (Å²) in [4.78, 5) is 10.9. The Balaban J connectivity index is 3.66. The summed E-state index contributed by atoms with van der Waals surface area (Å²) in [5, 5.41) is 11.3. The first-order chi connectivity index (χ1) is 5.60. The van der Waals surface area contributed by atoms with E-state index >= 15 is 0 Å². The Bertz CT molecular complexity index is 132. The lowest BCUT2D eigenvalue weighted by molar-refractivity contribution is 0.107. The second-order valence-corrected chi connectivity index (χ2v) is 2.89. The second-order valence-electron chi connectivity index (χ2n) is 2.89. The lowest BCUT2D eigenvalue weighted by atomic mass is 10.2. The zero-order valence-corrected chi connectivity index (χ0v) is 7.83. The molecule has 0 fully saturated rings. The topological polar surface area (TPSA) is 58.6 Å². The summed E-state index contributed by atoms with van der Waals surface area (Å²) in [5.41, 5.74) is 0. The van der Waals surface area contributed by atoms with E-state index in [1.54, 1.807) is 13.8 Å². The molecule has 72 valence electrons. The molecule has 1 amide bonds. The van der Waals surface area contributed by atoms with Crippen molar-refractivity contribution in [3.8, 4) is 0 Å². The lowest BCUT2D eigenvalue weighted by Crippen LogP contribution is -2.38. The fourth-order valence-corrected chi connectivity index (χ4v) is 0.692. The molecule has 0 aromatic heterocycles. The summed E-state index contributed by atoms with van der Waals surface area (Å²) in [6, 6.07) is -0.198. The Morgan fingerprint density at radius 2 is 2.17 bits per heavy atom. The molecule has 0 aliphatic rings. The van der Waals surface area contributed by atoms with E-state index < -0.39 is 6.09 Å². The van der Waals surface area contributed by atoms with E-state index in [9.17, 15) is 4.79 Å². The highest BCUT2D eigenvalue weighted by atomic mass is 16.6. The van der Waals surface area contributed by atoms with Crippen LogP contribution in [0.2, 0.25) is 0 Å². The van der Waals surface area contributed by atoms with Gasteiger partial charge in [0.2, 0.25) is 0 Å². The molecule has 0 heterocycles. The van der Waals surface area contributed by atoms with Crippen molar-refractivity contribution >= 4 is 6.09 Å². The normalized spacial score (nSPS) is 12.8. The minimum absolute atomic E-state index is 0.0519. The van der Waals surface area contributed by atoms with E-state index in [0.717, 1.165) is 0 Å². The highest BCUT2D eigenvalue weighted by Crippen LogP contribution is 1.93. The number of ether oxygens (including phenoxy) is 1. The first kappa shape index (κ1) is 11.2. The quantitative estimate of drug-likeness (QED) is 0.667. The Labute approximate surface area is 72.9 Å².